The van der Waals surface area contributed by atoms with E-state index in [1.165, 1.54) is 12.1 Å². The molecule has 4 aromatic rings. The molecule has 0 saturated heterocycles. The number of hydrogen-bond acceptors (Lipinski definition) is 4. The van der Waals surface area contributed by atoms with Crippen molar-refractivity contribution in [2.75, 3.05) is 10.6 Å². The van der Waals surface area contributed by atoms with Crippen LogP contribution in [0.4, 0.5) is 15.8 Å². The molecule has 7 nitrogen and oxygen atoms in total. The zero-order valence-electron chi connectivity index (χ0n) is 16.6. The first-order valence-electron chi connectivity index (χ1n) is 9.60. The van der Waals surface area contributed by atoms with Crippen LogP contribution in [0.15, 0.2) is 60.8 Å². The fourth-order valence-corrected chi connectivity index (χ4v) is 3.20. The Kier molecular flexibility index (Phi) is 6.23. The Morgan fingerprint density at radius 3 is 2.47 bits per heavy atom. The Morgan fingerprint density at radius 1 is 1.00 bits per heavy atom. The number of carbonyl (C=O) groups excluding carboxylic acids is 2. The van der Waals surface area contributed by atoms with Crippen molar-refractivity contribution in [3.8, 4) is 0 Å². The summed E-state index contributed by atoms with van der Waals surface area (Å²) in [5, 5.41) is 13.2. The second kappa shape index (κ2) is 9.40. The maximum Gasteiger partial charge on any atom is 0.233 e. The molecule has 0 unspecified atom stereocenters. The lowest BCUT2D eigenvalue weighted by molar-refractivity contribution is -0.123. The highest BCUT2D eigenvalue weighted by Gasteiger charge is 2.12. The monoisotopic (exact) mass is 449 g/mol. The summed E-state index contributed by atoms with van der Waals surface area (Å²) < 4.78 is 13.2. The molecule has 2 aromatic heterocycles. The quantitative estimate of drug-likeness (QED) is 0.365. The van der Waals surface area contributed by atoms with E-state index in [1.807, 2.05) is 36.4 Å². The number of nitrogens with zero attached hydrogens (tertiary/aromatic N) is 2. The number of amides is 2. The van der Waals surface area contributed by atoms with Crippen molar-refractivity contribution >= 4 is 57.8 Å². The van der Waals surface area contributed by atoms with Crippen molar-refractivity contribution in [2.45, 2.75) is 6.42 Å². The topological polar surface area (TPSA) is 99.8 Å². The number of aromatic amines is 1. The molecule has 3 N–H and O–H groups in total. The van der Waals surface area contributed by atoms with Crippen LogP contribution in [0.5, 0.6) is 0 Å². The Morgan fingerprint density at radius 2 is 1.75 bits per heavy atom. The van der Waals surface area contributed by atoms with Crippen LogP contribution in [0, 0.1) is 5.82 Å². The van der Waals surface area contributed by atoms with Crippen LogP contribution in [0.2, 0.25) is 5.02 Å². The number of fused-ring (bicyclic) bond motifs is 1. The predicted molar refractivity (Wildman–Crippen MR) is 123 cm³/mol. The zero-order valence-corrected chi connectivity index (χ0v) is 17.4. The summed E-state index contributed by atoms with van der Waals surface area (Å²) in [5.74, 6) is -1.63. The van der Waals surface area contributed by atoms with Crippen molar-refractivity contribution in [3.05, 3.63) is 83.0 Å². The van der Waals surface area contributed by atoms with Gasteiger partial charge in [-0.15, -0.1) is 0 Å². The molecular formula is C23H17ClFN5O2. The fourth-order valence-electron chi connectivity index (χ4n) is 3.01. The van der Waals surface area contributed by atoms with Crippen molar-refractivity contribution in [1.82, 2.24) is 15.2 Å². The molecule has 0 spiro atoms. The van der Waals surface area contributed by atoms with E-state index in [0.29, 0.717) is 11.4 Å². The molecule has 32 heavy (non-hydrogen) atoms. The average molecular weight is 450 g/mol. The molecule has 2 aromatic carbocycles. The summed E-state index contributed by atoms with van der Waals surface area (Å²) >= 11 is 5.69. The first-order chi connectivity index (χ1) is 15.5. The third kappa shape index (κ3) is 5.16. The van der Waals surface area contributed by atoms with E-state index in [2.05, 4.69) is 25.8 Å². The Bertz CT molecular complexity index is 1320. The highest BCUT2D eigenvalue weighted by molar-refractivity contribution is 6.31. The molecule has 0 aliphatic carbocycles. The van der Waals surface area contributed by atoms with Gasteiger partial charge in [0.25, 0.3) is 0 Å². The van der Waals surface area contributed by atoms with E-state index in [-0.39, 0.29) is 5.02 Å². The van der Waals surface area contributed by atoms with Gasteiger partial charge in [0.05, 0.1) is 21.9 Å². The van der Waals surface area contributed by atoms with Crippen molar-refractivity contribution in [3.63, 3.8) is 0 Å². The third-order valence-corrected chi connectivity index (χ3v) is 4.79. The lowest BCUT2D eigenvalue weighted by Crippen LogP contribution is -2.21. The van der Waals surface area contributed by atoms with E-state index >= 15 is 0 Å². The van der Waals surface area contributed by atoms with Gasteiger partial charge in [0.2, 0.25) is 11.8 Å². The van der Waals surface area contributed by atoms with E-state index in [1.54, 1.807) is 18.3 Å². The minimum absolute atomic E-state index is 0.116. The number of H-pyrrole nitrogens is 1. The summed E-state index contributed by atoms with van der Waals surface area (Å²) in [4.78, 5) is 28.5. The summed E-state index contributed by atoms with van der Waals surface area (Å²) in [6, 6.07) is 14.7. The lowest BCUT2D eigenvalue weighted by Gasteiger charge is -2.07. The molecule has 0 atom stereocenters. The Hall–Kier alpha value is -4.04. The van der Waals surface area contributed by atoms with Gasteiger partial charge in [0.15, 0.2) is 0 Å². The molecule has 160 valence electrons. The standard InChI is InChI=1S/C23H17ClFN5O2/c24-18-11-15(5-8-19(18)25)27-22(31)13-23(32)28-16-4-7-17-20(29-30-21(17)12-16)9-6-14-3-1-2-10-26-14/h1-12H,13H2,(H,27,31)(H,28,32)(H,29,30)/b9-6+. The van der Waals surface area contributed by atoms with Gasteiger partial charge >= 0.3 is 0 Å². The second-order valence-electron chi connectivity index (χ2n) is 6.86. The maximum atomic E-state index is 13.2. The number of carbonyl (C=O) groups is 2. The van der Waals surface area contributed by atoms with Crippen LogP contribution < -0.4 is 10.6 Å². The third-order valence-electron chi connectivity index (χ3n) is 4.50. The number of rotatable bonds is 6. The predicted octanol–water partition coefficient (Wildman–Crippen LogP) is 4.89. The molecule has 0 fully saturated rings. The van der Waals surface area contributed by atoms with Crippen LogP contribution >= 0.6 is 11.6 Å². The number of hydrogen-bond donors (Lipinski definition) is 3. The van der Waals surface area contributed by atoms with Crippen molar-refractivity contribution in [1.29, 1.82) is 0 Å². The minimum Gasteiger partial charge on any atom is -0.326 e. The lowest BCUT2D eigenvalue weighted by atomic mass is 10.1. The van der Waals surface area contributed by atoms with Crippen LogP contribution in [-0.4, -0.2) is 27.0 Å². The SMILES string of the molecule is O=C(CC(=O)Nc1ccc2c(/C=C/c3ccccn3)n[nH]c2c1)Nc1ccc(F)c(Cl)c1. The molecule has 2 amide bonds. The molecule has 4 rings (SSSR count). The molecule has 0 saturated carbocycles. The van der Waals surface area contributed by atoms with Gasteiger partial charge < -0.3 is 10.6 Å². The summed E-state index contributed by atoms with van der Waals surface area (Å²) in [6.07, 6.45) is 5.02. The van der Waals surface area contributed by atoms with Gasteiger partial charge in [-0.05, 0) is 60.7 Å². The first-order valence-corrected chi connectivity index (χ1v) is 9.98. The Labute approximate surface area is 187 Å². The van der Waals surface area contributed by atoms with Gasteiger partial charge in [-0.2, -0.15) is 5.10 Å². The number of pyridine rings is 1. The first kappa shape index (κ1) is 21.2. The largest absolute Gasteiger partial charge is 0.326 e. The second-order valence-corrected chi connectivity index (χ2v) is 7.27. The van der Waals surface area contributed by atoms with Crippen LogP contribution in [0.3, 0.4) is 0 Å². The smallest absolute Gasteiger partial charge is 0.233 e. The van der Waals surface area contributed by atoms with Gasteiger partial charge in [-0.25, -0.2) is 4.39 Å². The van der Waals surface area contributed by atoms with E-state index < -0.39 is 24.1 Å². The van der Waals surface area contributed by atoms with E-state index in [0.717, 1.165) is 28.4 Å². The molecular weight excluding hydrogens is 433 g/mol. The number of anilines is 2. The fraction of sp³-hybridized carbons (Fsp3) is 0.0435. The molecule has 9 heteroatoms. The van der Waals surface area contributed by atoms with Gasteiger partial charge in [0, 0.05) is 23.0 Å². The number of benzene rings is 2. The van der Waals surface area contributed by atoms with Gasteiger partial charge in [-0.3, -0.25) is 19.7 Å². The van der Waals surface area contributed by atoms with Crippen LogP contribution in [0.1, 0.15) is 17.8 Å². The Balaban J connectivity index is 1.38. The van der Waals surface area contributed by atoms with Crippen LogP contribution in [0.25, 0.3) is 23.1 Å². The minimum atomic E-state index is -0.591. The number of halogens is 2. The summed E-state index contributed by atoms with van der Waals surface area (Å²) in [7, 11) is 0. The normalized spacial score (nSPS) is 11.1. The maximum absolute atomic E-state index is 13.2. The average Bonchev–Trinajstić information content (AvgIpc) is 3.17. The zero-order chi connectivity index (χ0) is 22.5. The molecule has 0 bridgehead atoms. The molecule has 0 radical (unpaired) electrons. The van der Waals surface area contributed by atoms with Crippen molar-refractivity contribution in [2.24, 2.45) is 0 Å². The van der Waals surface area contributed by atoms with Gasteiger partial charge in [-0.1, -0.05) is 17.7 Å². The van der Waals surface area contributed by atoms with Crippen molar-refractivity contribution < 1.29 is 14.0 Å². The van der Waals surface area contributed by atoms with E-state index in [4.69, 9.17) is 11.6 Å². The van der Waals surface area contributed by atoms with Crippen LogP contribution in [-0.2, 0) is 9.59 Å². The molecule has 2 heterocycles. The molecule has 0 aliphatic heterocycles. The number of nitrogens with one attached hydrogen (secondary N) is 3. The summed E-state index contributed by atoms with van der Waals surface area (Å²) in [5.41, 5.74) is 3.10. The molecule has 0 aliphatic rings. The highest BCUT2D eigenvalue weighted by atomic mass is 35.5. The highest BCUT2D eigenvalue weighted by Crippen LogP contribution is 2.22. The van der Waals surface area contributed by atoms with E-state index in [9.17, 15) is 14.0 Å². The van der Waals surface area contributed by atoms with Gasteiger partial charge in [0.1, 0.15) is 12.2 Å². The number of aromatic nitrogens is 3. The summed E-state index contributed by atoms with van der Waals surface area (Å²) in [6.45, 7) is 0.